The molecule has 16 atom stereocenters. The van der Waals surface area contributed by atoms with Crippen LogP contribution >= 0.6 is 23.2 Å². The predicted molar refractivity (Wildman–Crippen MR) is 542 cm³/mol. The summed E-state index contributed by atoms with van der Waals surface area (Å²) in [5.41, 5.74) is 41.3. The minimum absolute atomic E-state index is 0.00733. The van der Waals surface area contributed by atoms with Crippen molar-refractivity contribution in [3.05, 3.63) is 266 Å². The molecule has 6 saturated heterocycles. The number of methoxy groups -OCH3 is 1. The molecule has 12 N–H and O–H groups in total. The van der Waals surface area contributed by atoms with E-state index in [4.69, 9.17) is 73.6 Å². The van der Waals surface area contributed by atoms with Crippen LogP contribution in [0.2, 0.25) is 10.0 Å². The van der Waals surface area contributed by atoms with Crippen LogP contribution in [0.15, 0.2) is 188 Å². The van der Waals surface area contributed by atoms with Gasteiger partial charge in [0.05, 0.1) is 81.4 Å². The zero-order valence-electron chi connectivity index (χ0n) is 83.7. The van der Waals surface area contributed by atoms with Crippen molar-refractivity contribution < 1.29 is 96.5 Å². The monoisotopic (exact) mass is 2080 g/mol. The van der Waals surface area contributed by atoms with Crippen LogP contribution in [0, 0.1) is 24.1 Å². The zero-order valence-corrected chi connectivity index (χ0v) is 85.3. The Labute approximate surface area is 856 Å². The summed E-state index contributed by atoms with van der Waals surface area (Å²) >= 11 is 11.5. The van der Waals surface area contributed by atoms with Gasteiger partial charge in [0.2, 0.25) is 47.3 Å². The van der Waals surface area contributed by atoms with Crippen molar-refractivity contribution >= 4 is 87.7 Å². The fraction of sp³-hybridized carbons (Fsp3) is 0.458. The first-order chi connectivity index (χ1) is 69.0. The number of nitrogens with two attached hydrogens (primary N) is 6. The van der Waals surface area contributed by atoms with Gasteiger partial charge in [-0.05, 0) is 193 Å². The highest BCUT2D eigenvalue weighted by atomic mass is 35.5. The molecule has 0 radical (unpaired) electrons. The molecule has 0 aromatic heterocycles. The van der Waals surface area contributed by atoms with Crippen molar-refractivity contribution in [2.75, 3.05) is 126 Å². The van der Waals surface area contributed by atoms with E-state index < -0.39 is 120 Å². The highest BCUT2D eigenvalue weighted by Gasteiger charge is 2.45. The first-order valence-electron chi connectivity index (χ1n) is 48.4. The highest BCUT2D eigenvalue weighted by Crippen LogP contribution is 2.37. The standard InChI is InChI=1S/C25H31FN4O4.C24H28N4O3.C15H18F4N2O.C15H21FN2O.2C14H17ClF2N2O/c1-28(2)24(32)21(22(27)25(33)30-14-13-18(26)15-30)16-5-9-19(10-6-16)29(3)23(31)17-7-11-20(34-4)12-8-17;1-16-13-14-28(15-16)24(30)22(25)21(23(29)27(3)4)17-5-9-19(10-6-17)31-20-11-7-18(26-2)8-12-20;1-9(10-2-4-11(5-3-10)15(17,18)19)13(20)14(22)21-7-6-12(16)8-21;1-2-13(11-5-7-12(16)8-6-11)14(17)15(19)18-9-3-4-10-18;1-9(10-2-4-11(15)5-3-10)12(18)13(20)19-7-6-14(16,17)8-19;1-8(11-3-2-9(15)6-12(11)17)13(18)14(20)19-5-4-10(16)7-19/h5-12,18,21-22H,13-15,27H2,1-4H3;5-12,16,21-22H,13-15,25H2,1,3-4H3;2-5,9,12-13H,6-8,20H2,1H3;5-8,13-14H,2-4,9-10,17H2,1H3;2-5,9,12H,6-8,18H2,1H3;2-3,6,8,10,13H,4-5,7,18H2,1H3/t18-,21-,22-;16-,21-,22-;9-,12-,13-;13-,14-;9-,12-;8-,10-,13-/m000000/s1. The molecule has 6 fully saturated rings. The van der Waals surface area contributed by atoms with Crippen LogP contribution < -0.4 is 48.8 Å². The Balaban J connectivity index is 0.000000198. The van der Waals surface area contributed by atoms with Gasteiger partial charge in [-0.15, -0.1) is 0 Å². The van der Waals surface area contributed by atoms with Crippen molar-refractivity contribution in [3.63, 3.8) is 0 Å². The Kier molecular flexibility index (Phi) is 43.3. The Morgan fingerprint density at radius 3 is 1.25 bits per heavy atom. The Morgan fingerprint density at radius 2 is 0.856 bits per heavy atom. The van der Waals surface area contributed by atoms with Gasteiger partial charge < -0.3 is 88.0 Å². The Hall–Kier alpha value is -12.3. The lowest BCUT2D eigenvalue weighted by Crippen LogP contribution is -2.50. The summed E-state index contributed by atoms with van der Waals surface area (Å²) < 4.78 is 141. The molecule has 0 bridgehead atoms. The number of anilines is 1. The van der Waals surface area contributed by atoms with Crippen LogP contribution in [-0.4, -0.2) is 274 Å². The van der Waals surface area contributed by atoms with Crippen LogP contribution in [0.3, 0.4) is 0 Å². The number of halogens is 12. The molecular formula is C107H132Cl2F10N16O11. The molecule has 0 saturated carbocycles. The van der Waals surface area contributed by atoms with Crippen LogP contribution in [-0.2, 0) is 44.5 Å². The summed E-state index contributed by atoms with van der Waals surface area (Å²) in [5, 5.41) is 0.887. The van der Waals surface area contributed by atoms with E-state index in [0.29, 0.717) is 106 Å². The number of hydrogen-bond acceptors (Lipinski definition) is 17. The number of carbonyl (C=O) groups excluding carboxylic acids is 9. The average Bonchev–Trinajstić information content (AvgIpc) is 0.986. The maximum absolute atomic E-state index is 13.8. The second-order valence-electron chi connectivity index (χ2n) is 37.9. The fourth-order valence-electron chi connectivity index (χ4n) is 17.7. The van der Waals surface area contributed by atoms with Gasteiger partial charge >= 0.3 is 6.18 Å². The number of likely N-dealkylation sites (tertiary alicyclic amines) is 6. The van der Waals surface area contributed by atoms with E-state index in [-0.39, 0.29) is 110 Å². The number of carbonyl (C=O) groups is 9. The first kappa shape index (κ1) is 117. The molecule has 14 rings (SSSR count). The maximum atomic E-state index is 13.8. The van der Waals surface area contributed by atoms with E-state index in [9.17, 15) is 87.1 Å². The second-order valence-corrected chi connectivity index (χ2v) is 38.8. The number of hydrogen-bond donors (Lipinski definition) is 6. The lowest BCUT2D eigenvalue weighted by molar-refractivity contribution is -0.138. The van der Waals surface area contributed by atoms with Crippen molar-refractivity contribution in [3.8, 4) is 17.2 Å². The molecule has 27 nitrogen and oxygen atoms in total. The maximum Gasteiger partial charge on any atom is 0.416 e. The number of nitrogens with zero attached hydrogens (tertiary/aromatic N) is 10. The van der Waals surface area contributed by atoms with Crippen molar-refractivity contribution in [1.29, 1.82) is 0 Å². The van der Waals surface area contributed by atoms with E-state index in [1.54, 1.807) is 208 Å². The van der Waals surface area contributed by atoms with Crippen molar-refractivity contribution in [1.82, 2.24) is 39.2 Å². The summed E-state index contributed by atoms with van der Waals surface area (Å²) in [6.45, 7) is 19.9. The van der Waals surface area contributed by atoms with E-state index in [0.717, 1.165) is 66.9 Å². The van der Waals surface area contributed by atoms with Gasteiger partial charge in [-0.3, -0.25) is 43.2 Å². The Morgan fingerprint density at radius 1 is 0.466 bits per heavy atom. The second kappa shape index (κ2) is 53.9. The molecule has 6 aliphatic heterocycles. The molecule has 146 heavy (non-hydrogen) atoms. The van der Waals surface area contributed by atoms with Gasteiger partial charge in [-0.1, -0.05) is 137 Å². The molecule has 0 spiro atoms. The smallest absolute Gasteiger partial charge is 0.416 e. The van der Waals surface area contributed by atoms with E-state index in [1.165, 1.54) is 65.8 Å². The third-order valence-electron chi connectivity index (χ3n) is 26.9. The fourth-order valence-corrected chi connectivity index (χ4v) is 18.0. The minimum Gasteiger partial charge on any atom is -0.497 e. The SMILES string of the molecule is CC[C@@H](c1ccc(F)cc1)[C@H](N)C(=O)N1CCCC1.COc1ccc(C(=O)N(C)c2ccc([C@H](C(=O)N(C)C)[C@H](N)C(=O)N3CC[C@H](F)C3)cc2)cc1.C[C@@H](c1ccc(C(F)(F)F)cc1)[C@H](N)C(=O)N1CC[C@H](F)C1.C[C@@H](c1ccc(Cl)cc1)[C@H](N)C(=O)N1CCC(F)(F)C1.C[C@@H](c1ccc(Cl)cc1F)[C@H](N)C(=O)N1CC[C@H](F)C1.[C-]#[N+]c1ccc(Oc2ccc([C@H](C(=O)N(C)C)[C@H](N)C(=O)N3CC[C@H](C)C3)cc2)cc1. The minimum atomic E-state index is -4.40. The molecule has 0 aliphatic carbocycles. The topological polar surface area (TPSA) is 362 Å². The van der Waals surface area contributed by atoms with E-state index in [1.807, 2.05) is 11.8 Å². The Bertz CT molecular complexity index is 5710. The van der Waals surface area contributed by atoms with Crippen LogP contribution in [0.4, 0.5) is 55.3 Å². The van der Waals surface area contributed by atoms with Gasteiger partial charge in [0, 0.05) is 139 Å². The molecule has 6 heterocycles. The normalized spacial score (nSPS) is 19.2. The quantitative estimate of drug-likeness (QED) is 0.0217. The number of ether oxygens (including phenoxy) is 2. The van der Waals surface area contributed by atoms with Gasteiger partial charge in [0.1, 0.15) is 59.5 Å². The highest BCUT2D eigenvalue weighted by molar-refractivity contribution is 6.31. The van der Waals surface area contributed by atoms with Crippen molar-refractivity contribution in [2.45, 2.75) is 188 Å². The molecule has 8 aromatic carbocycles. The zero-order chi connectivity index (χ0) is 108. The number of rotatable bonds is 26. The van der Waals surface area contributed by atoms with Crippen molar-refractivity contribution in [2.24, 2.45) is 40.3 Å². The van der Waals surface area contributed by atoms with Crippen LogP contribution in [0.5, 0.6) is 17.2 Å². The molecule has 0 unspecified atom stereocenters. The lowest BCUT2D eigenvalue weighted by atomic mass is 9.89. The summed E-state index contributed by atoms with van der Waals surface area (Å²) in [7, 11) is 9.72. The third kappa shape index (κ3) is 32.1. The van der Waals surface area contributed by atoms with E-state index in [2.05, 4.69) is 11.8 Å². The van der Waals surface area contributed by atoms with Gasteiger partial charge in [0.15, 0.2) is 5.69 Å². The summed E-state index contributed by atoms with van der Waals surface area (Å²) in [6, 6.07) is 44.4. The molecule has 39 heteroatoms. The average molecular weight is 2080 g/mol. The van der Waals surface area contributed by atoms with Crippen LogP contribution in [0.25, 0.3) is 4.85 Å². The van der Waals surface area contributed by atoms with Gasteiger partial charge in [0.25, 0.3) is 11.8 Å². The molecule has 8 aromatic rings. The van der Waals surface area contributed by atoms with Crippen LogP contribution in [0.1, 0.15) is 171 Å². The number of likely N-dealkylation sites (N-methyl/N-ethyl adjacent to an activating group) is 2. The molecule has 790 valence electrons. The molecular weight excluding hydrogens is 1950 g/mol. The number of alkyl halides is 8. The molecule has 6 aliphatic rings. The first-order valence-corrected chi connectivity index (χ1v) is 49.1. The third-order valence-corrected chi connectivity index (χ3v) is 27.4. The van der Waals surface area contributed by atoms with Gasteiger partial charge in [-0.2, -0.15) is 13.2 Å². The summed E-state index contributed by atoms with van der Waals surface area (Å²) in [6.07, 6.45) is -3.03. The lowest BCUT2D eigenvalue weighted by Gasteiger charge is -2.29. The number of benzene rings is 8. The summed E-state index contributed by atoms with van der Waals surface area (Å²) in [5.74, 6) is -6.71. The van der Waals surface area contributed by atoms with E-state index >= 15 is 0 Å². The predicted octanol–water partition coefficient (Wildman–Crippen LogP) is 15.5. The largest absolute Gasteiger partial charge is 0.497 e. The number of amides is 9. The summed E-state index contributed by atoms with van der Waals surface area (Å²) in [4.78, 5) is 130. The molecule has 9 amide bonds. The van der Waals surface area contributed by atoms with Gasteiger partial charge in [-0.25, -0.2) is 35.6 Å².